The Morgan fingerprint density at radius 2 is 2.50 bits per heavy atom. The summed E-state index contributed by atoms with van der Waals surface area (Å²) in [6, 6.07) is 0. The molecule has 1 heterocycles. The average molecular weight is 207 g/mol. The fourth-order valence-corrected chi connectivity index (χ4v) is 2.01. The van der Waals surface area contributed by atoms with E-state index < -0.39 is 0 Å². The number of nitrogens with zero attached hydrogens (tertiary/aromatic N) is 1. The summed E-state index contributed by atoms with van der Waals surface area (Å²) < 4.78 is 0. The number of ketones is 1. The number of rotatable bonds is 4. The van der Waals surface area contributed by atoms with Gasteiger partial charge in [0.1, 0.15) is 0 Å². The van der Waals surface area contributed by atoms with Crippen molar-refractivity contribution in [3.8, 4) is 11.8 Å². The van der Waals surface area contributed by atoms with Gasteiger partial charge in [0.05, 0.1) is 5.01 Å². The molecule has 1 unspecified atom stereocenters. The van der Waals surface area contributed by atoms with Crippen LogP contribution in [0.4, 0.5) is 0 Å². The summed E-state index contributed by atoms with van der Waals surface area (Å²) in [5, 5.41) is 3.05. The summed E-state index contributed by atoms with van der Waals surface area (Å²) in [5.74, 6) is 5.52. The molecule has 0 aliphatic carbocycles. The van der Waals surface area contributed by atoms with Gasteiger partial charge in [0, 0.05) is 24.4 Å². The lowest BCUT2D eigenvalue weighted by Crippen LogP contribution is -2.06. The molecule has 1 aromatic heterocycles. The zero-order valence-electron chi connectivity index (χ0n) is 8.41. The molecule has 1 aromatic rings. The van der Waals surface area contributed by atoms with Crippen molar-refractivity contribution in [1.29, 1.82) is 0 Å². The second-order valence-corrected chi connectivity index (χ2v) is 4.22. The van der Waals surface area contributed by atoms with Crippen LogP contribution in [0.15, 0.2) is 11.6 Å². The third-order valence-corrected chi connectivity index (χ3v) is 2.61. The van der Waals surface area contributed by atoms with E-state index >= 15 is 0 Å². The van der Waals surface area contributed by atoms with Crippen LogP contribution < -0.4 is 0 Å². The molecule has 1 rings (SSSR count). The van der Waals surface area contributed by atoms with Crippen LogP contribution in [0.25, 0.3) is 0 Å². The molecule has 1 atom stereocenters. The van der Waals surface area contributed by atoms with Crippen molar-refractivity contribution < 1.29 is 4.79 Å². The third kappa shape index (κ3) is 3.71. The van der Waals surface area contributed by atoms with Crippen LogP contribution in [0.1, 0.15) is 25.3 Å². The maximum atomic E-state index is 11.2. The summed E-state index contributed by atoms with van der Waals surface area (Å²) in [6.07, 6.45) is 3.19. The number of carbonyl (C=O) groups is 1. The normalized spacial score (nSPS) is 11.6. The fraction of sp³-hybridized carbons (Fsp3) is 0.455. The van der Waals surface area contributed by atoms with Crippen molar-refractivity contribution in [3.63, 3.8) is 0 Å². The highest BCUT2D eigenvalue weighted by molar-refractivity contribution is 7.09. The number of hydrogen-bond acceptors (Lipinski definition) is 3. The maximum Gasteiger partial charge on any atom is 0.205 e. The van der Waals surface area contributed by atoms with E-state index in [9.17, 15) is 4.79 Å². The van der Waals surface area contributed by atoms with E-state index in [1.807, 2.05) is 5.38 Å². The van der Waals surface area contributed by atoms with Gasteiger partial charge in [0.2, 0.25) is 5.78 Å². The lowest BCUT2D eigenvalue weighted by atomic mass is 10.0. The van der Waals surface area contributed by atoms with E-state index in [-0.39, 0.29) is 5.78 Å². The van der Waals surface area contributed by atoms with Gasteiger partial charge >= 0.3 is 0 Å². The molecule has 0 fully saturated rings. The molecule has 0 aliphatic rings. The number of hydrogen-bond donors (Lipinski definition) is 0. The molecule has 0 saturated carbocycles. The maximum absolute atomic E-state index is 11.2. The highest BCUT2D eigenvalue weighted by Gasteiger charge is 2.09. The van der Waals surface area contributed by atoms with Gasteiger partial charge in [-0.15, -0.1) is 11.3 Å². The average Bonchev–Trinajstić information content (AvgIpc) is 2.56. The highest BCUT2D eigenvalue weighted by atomic mass is 32.1. The van der Waals surface area contributed by atoms with Crippen LogP contribution in [0, 0.1) is 17.8 Å². The van der Waals surface area contributed by atoms with Crippen molar-refractivity contribution in [3.05, 3.63) is 16.6 Å². The minimum Gasteiger partial charge on any atom is -0.285 e. The molecule has 14 heavy (non-hydrogen) atoms. The van der Waals surface area contributed by atoms with Crippen molar-refractivity contribution in [2.24, 2.45) is 5.92 Å². The van der Waals surface area contributed by atoms with E-state index in [1.165, 1.54) is 0 Å². The smallest absolute Gasteiger partial charge is 0.205 e. The second-order valence-electron chi connectivity index (χ2n) is 3.24. The largest absolute Gasteiger partial charge is 0.285 e. The molecular weight excluding hydrogens is 194 g/mol. The van der Waals surface area contributed by atoms with Gasteiger partial charge in [-0.05, 0) is 18.8 Å². The predicted octanol–water partition coefficient (Wildman–Crippen LogP) is 2.30. The first kappa shape index (κ1) is 10.9. The van der Waals surface area contributed by atoms with Gasteiger partial charge in [-0.3, -0.25) is 4.79 Å². The predicted molar refractivity (Wildman–Crippen MR) is 58.1 cm³/mol. The van der Waals surface area contributed by atoms with Crippen LogP contribution in [-0.4, -0.2) is 10.8 Å². The van der Waals surface area contributed by atoms with Crippen LogP contribution in [0.3, 0.4) is 0 Å². The molecule has 0 N–H and O–H groups in total. The molecule has 2 nitrogen and oxygen atoms in total. The first-order valence-electron chi connectivity index (χ1n) is 4.56. The Hall–Kier alpha value is -1.14. The number of Topliss-reactive ketones (excluding diaryl/α,β-unsaturated/α-hetero) is 1. The van der Waals surface area contributed by atoms with Crippen molar-refractivity contribution in [2.75, 3.05) is 0 Å². The van der Waals surface area contributed by atoms with Crippen LogP contribution >= 0.6 is 11.3 Å². The summed E-state index contributed by atoms with van der Waals surface area (Å²) in [7, 11) is 0. The third-order valence-electron chi connectivity index (χ3n) is 1.80. The summed E-state index contributed by atoms with van der Waals surface area (Å²) in [4.78, 5) is 15.4. The summed E-state index contributed by atoms with van der Waals surface area (Å²) >= 11 is 1.63. The summed E-state index contributed by atoms with van der Waals surface area (Å²) in [6.45, 7) is 3.74. The zero-order chi connectivity index (χ0) is 10.4. The molecule has 3 heteroatoms. The van der Waals surface area contributed by atoms with Crippen LogP contribution in [0.5, 0.6) is 0 Å². The fourth-order valence-electron chi connectivity index (χ4n) is 1.23. The van der Waals surface area contributed by atoms with E-state index in [2.05, 4.69) is 23.7 Å². The van der Waals surface area contributed by atoms with Gasteiger partial charge in [-0.2, -0.15) is 0 Å². The van der Waals surface area contributed by atoms with Gasteiger partial charge in [-0.1, -0.05) is 12.8 Å². The monoisotopic (exact) mass is 207 g/mol. The van der Waals surface area contributed by atoms with Crippen molar-refractivity contribution in [1.82, 2.24) is 4.98 Å². The number of carbonyl (C=O) groups excluding carboxylic acids is 1. The van der Waals surface area contributed by atoms with E-state index in [1.54, 1.807) is 24.5 Å². The van der Waals surface area contributed by atoms with E-state index in [4.69, 9.17) is 0 Å². The number of thiazole rings is 1. The van der Waals surface area contributed by atoms with Gasteiger partial charge in [0.25, 0.3) is 0 Å². The highest BCUT2D eigenvalue weighted by Crippen LogP contribution is 2.13. The number of aromatic nitrogens is 1. The first-order chi connectivity index (χ1) is 6.72. The Balaban J connectivity index is 2.38. The van der Waals surface area contributed by atoms with E-state index in [0.29, 0.717) is 12.3 Å². The molecule has 0 bridgehead atoms. The molecule has 0 amide bonds. The van der Waals surface area contributed by atoms with Crippen molar-refractivity contribution >= 4 is 17.1 Å². The molecule has 0 radical (unpaired) electrons. The Morgan fingerprint density at radius 1 is 1.71 bits per heavy atom. The first-order valence-corrected chi connectivity index (χ1v) is 5.44. The minimum absolute atomic E-state index is 0.0246. The lowest BCUT2D eigenvalue weighted by Gasteiger charge is -2.04. The van der Waals surface area contributed by atoms with Gasteiger partial charge < -0.3 is 0 Å². The van der Waals surface area contributed by atoms with Crippen LogP contribution in [0.2, 0.25) is 0 Å². The quantitative estimate of drug-likeness (QED) is 0.560. The van der Waals surface area contributed by atoms with Crippen LogP contribution in [-0.2, 0) is 11.2 Å². The summed E-state index contributed by atoms with van der Waals surface area (Å²) in [5.41, 5.74) is 0. The molecule has 0 aliphatic heterocycles. The van der Waals surface area contributed by atoms with Gasteiger partial charge in [-0.25, -0.2) is 4.98 Å². The minimum atomic E-state index is 0.0246. The standard InChI is InChI=1S/C11H13NOS/c1-3-4-10(13)7-9(2)8-11-12-5-6-14-11/h5-6,9H,7-8H2,1-2H3. The zero-order valence-corrected chi connectivity index (χ0v) is 9.23. The topological polar surface area (TPSA) is 30.0 Å². The molecular formula is C11H13NOS. The molecule has 0 aromatic carbocycles. The molecule has 0 saturated heterocycles. The Labute approximate surface area is 88.4 Å². The molecule has 0 spiro atoms. The van der Waals surface area contributed by atoms with Crippen molar-refractivity contribution in [2.45, 2.75) is 26.7 Å². The lowest BCUT2D eigenvalue weighted by molar-refractivity contribution is -0.114. The Morgan fingerprint density at radius 3 is 3.07 bits per heavy atom. The Bertz CT molecular complexity index is 345. The van der Waals surface area contributed by atoms with E-state index in [0.717, 1.165) is 11.4 Å². The molecule has 74 valence electrons. The van der Waals surface area contributed by atoms with Gasteiger partial charge in [0.15, 0.2) is 0 Å². The Kier molecular flexibility index (Phi) is 4.34. The SMILES string of the molecule is CC#CC(=O)CC(C)Cc1nccs1. The second kappa shape index (κ2) is 5.56.